The van der Waals surface area contributed by atoms with Crippen LogP contribution in [0.15, 0.2) is 42.5 Å². The number of hydrogen-bond acceptors (Lipinski definition) is 3. The van der Waals surface area contributed by atoms with E-state index in [1.807, 2.05) is 0 Å². The van der Waals surface area contributed by atoms with Gasteiger partial charge in [0.1, 0.15) is 5.82 Å². The molecule has 1 N–H and O–H groups in total. The number of carbonyl (C=O) groups excluding carboxylic acids is 2. The van der Waals surface area contributed by atoms with Crippen LogP contribution in [0.25, 0.3) is 0 Å². The monoisotopic (exact) mass is 350 g/mol. The van der Waals surface area contributed by atoms with Crippen molar-refractivity contribution < 1.29 is 18.7 Å². The van der Waals surface area contributed by atoms with E-state index in [0.29, 0.717) is 11.4 Å². The minimum atomic E-state index is -0.511. The highest BCUT2D eigenvalue weighted by Crippen LogP contribution is 2.21. The standard InChI is InChI=1S/C17H16ClFN2O3/c1-3-24-17(23)21(2)13-7-5-12(6-8-13)20-16(22)14-9-4-11(19)10-15(14)18/h4-10H,3H2,1-2H3,(H,20,22). The molecule has 0 aliphatic rings. The summed E-state index contributed by atoms with van der Waals surface area (Å²) >= 11 is 5.86. The van der Waals surface area contributed by atoms with Gasteiger partial charge in [0.15, 0.2) is 0 Å². The zero-order valence-electron chi connectivity index (χ0n) is 13.2. The number of amides is 2. The minimum Gasteiger partial charge on any atom is -0.449 e. The first-order chi connectivity index (χ1) is 11.4. The number of benzene rings is 2. The summed E-state index contributed by atoms with van der Waals surface area (Å²) in [6, 6.07) is 10.2. The van der Waals surface area contributed by atoms with Gasteiger partial charge in [0.05, 0.1) is 17.2 Å². The van der Waals surface area contributed by atoms with Crippen LogP contribution >= 0.6 is 11.6 Å². The van der Waals surface area contributed by atoms with Gasteiger partial charge in [0.2, 0.25) is 0 Å². The highest BCUT2D eigenvalue weighted by molar-refractivity contribution is 6.34. The first-order valence-corrected chi connectivity index (χ1v) is 7.57. The Morgan fingerprint density at radius 3 is 2.46 bits per heavy atom. The van der Waals surface area contributed by atoms with Crippen molar-refractivity contribution in [3.63, 3.8) is 0 Å². The second-order valence-electron chi connectivity index (χ2n) is 4.88. The van der Waals surface area contributed by atoms with Gasteiger partial charge in [-0.1, -0.05) is 11.6 Å². The van der Waals surface area contributed by atoms with Crippen molar-refractivity contribution in [2.75, 3.05) is 23.9 Å². The fourth-order valence-corrected chi connectivity index (χ4v) is 2.22. The van der Waals surface area contributed by atoms with Gasteiger partial charge in [-0.15, -0.1) is 0 Å². The Balaban J connectivity index is 2.08. The molecule has 0 spiro atoms. The van der Waals surface area contributed by atoms with E-state index in [9.17, 15) is 14.0 Å². The average molecular weight is 351 g/mol. The van der Waals surface area contributed by atoms with Crippen LogP contribution in [0.2, 0.25) is 5.02 Å². The Labute approximate surface area is 144 Å². The van der Waals surface area contributed by atoms with Crippen LogP contribution < -0.4 is 10.2 Å². The van der Waals surface area contributed by atoms with Crippen LogP contribution in [0, 0.1) is 5.82 Å². The van der Waals surface area contributed by atoms with Gasteiger partial charge in [-0.2, -0.15) is 0 Å². The van der Waals surface area contributed by atoms with Crippen LogP contribution in [0.3, 0.4) is 0 Å². The lowest BCUT2D eigenvalue weighted by Crippen LogP contribution is -2.26. The van der Waals surface area contributed by atoms with Crippen molar-refractivity contribution in [3.8, 4) is 0 Å². The topological polar surface area (TPSA) is 58.6 Å². The fourth-order valence-electron chi connectivity index (χ4n) is 1.97. The molecular weight excluding hydrogens is 335 g/mol. The Kier molecular flexibility index (Phi) is 5.76. The maximum atomic E-state index is 13.0. The minimum absolute atomic E-state index is 0.0335. The third-order valence-electron chi connectivity index (χ3n) is 3.23. The lowest BCUT2D eigenvalue weighted by molar-refractivity contribution is 0.102. The molecule has 2 amide bonds. The number of carbonyl (C=O) groups is 2. The van der Waals surface area contributed by atoms with E-state index >= 15 is 0 Å². The van der Waals surface area contributed by atoms with Crippen LogP contribution in [0.4, 0.5) is 20.6 Å². The van der Waals surface area contributed by atoms with E-state index in [1.54, 1.807) is 38.2 Å². The Morgan fingerprint density at radius 2 is 1.88 bits per heavy atom. The van der Waals surface area contributed by atoms with Crippen LogP contribution in [-0.2, 0) is 4.74 Å². The molecule has 2 aromatic rings. The van der Waals surface area contributed by atoms with E-state index < -0.39 is 17.8 Å². The van der Waals surface area contributed by atoms with Gasteiger partial charge in [0, 0.05) is 18.4 Å². The molecule has 0 saturated heterocycles. The summed E-state index contributed by atoms with van der Waals surface area (Å²) < 4.78 is 17.9. The van der Waals surface area contributed by atoms with Crippen molar-refractivity contribution in [2.24, 2.45) is 0 Å². The van der Waals surface area contributed by atoms with E-state index in [1.165, 1.54) is 11.0 Å². The predicted octanol–water partition coefficient (Wildman–Crippen LogP) is 4.32. The summed E-state index contributed by atoms with van der Waals surface area (Å²) in [7, 11) is 1.59. The molecule has 5 nitrogen and oxygen atoms in total. The highest BCUT2D eigenvalue weighted by atomic mass is 35.5. The van der Waals surface area contributed by atoms with Crippen molar-refractivity contribution >= 4 is 35.0 Å². The molecule has 126 valence electrons. The predicted molar refractivity (Wildman–Crippen MR) is 91.2 cm³/mol. The maximum Gasteiger partial charge on any atom is 0.413 e. The molecule has 0 heterocycles. The molecule has 0 radical (unpaired) electrons. The average Bonchev–Trinajstić information content (AvgIpc) is 2.55. The van der Waals surface area contributed by atoms with E-state index in [-0.39, 0.29) is 17.2 Å². The third kappa shape index (κ3) is 4.23. The van der Waals surface area contributed by atoms with Crippen LogP contribution in [-0.4, -0.2) is 25.7 Å². The number of nitrogens with zero attached hydrogens (tertiary/aromatic N) is 1. The van der Waals surface area contributed by atoms with Crippen molar-refractivity contribution in [3.05, 3.63) is 58.9 Å². The van der Waals surface area contributed by atoms with Crippen LogP contribution in [0.5, 0.6) is 0 Å². The molecule has 2 rings (SSSR count). The molecule has 0 aromatic heterocycles. The lowest BCUT2D eigenvalue weighted by Gasteiger charge is -2.17. The molecular formula is C17H16ClFN2O3. The van der Waals surface area contributed by atoms with Gasteiger partial charge in [-0.3, -0.25) is 9.69 Å². The summed E-state index contributed by atoms with van der Waals surface area (Å²) in [5.41, 5.74) is 1.30. The zero-order chi connectivity index (χ0) is 17.7. The summed E-state index contributed by atoms with van der Waals surface area (Å²) in [5, 5.41) is 2.69. The second-order valence-corrected chi connectivity index (χ2v) is 5.29. The van der Waals surface area contributed by atoms with Gasteiger partial charge >= 0.3 is 6.09 Å². The molecule has 0 aliphatic carbocycles. The number of nitrogens with one attached hydrogen (secondary N) is 1. The molecule has 0 atom stereocenters. The van der Waals surface area contributed by atoms with Crippen molar-refractivity contribution in [2.45, 2.75) is 6.92 Å². The lowest BCUT2D eigenvalue weighted by atomic mass is 10.2. The Hall–Kier alpha value is -2.60. The van der Waals surface area contributed by atoms with Crippen molar-refractivity contribution in [1.29, 1.82) is 0 Å². The second kappa shape index (κ2) is 7.79. The normalized spacial score (nSPS) is 10.2. The largest absolute Gasteiger partial charge is 0.449 e. The maximum absolute atomic E-state index is 13.0. The first kappa shape index (κ1) is 17.7. The van der Waals surface area contributed by atoms with Gasteiger partial charge in [0.25, 0.3) is 5.91 Å². The highest BCUT2D eigenvalue weighted by Gasteiger charge is 2.13. The molecule has 0 bridgehead atoms. The zero-order valence-corrected chi connectivity index (χ0v) is 13.9. The molecule has 24 heavy (non-hydrogen) atoms. The number of hydrogen-bond donors (Lipinski definition) is 1. The summed E-state index contributed by atoms with van der Waals surface area (Å²) in [5.74, 6) is -0.964. The molecule has 0 unspecified atom stereocenters. The Morgan fingerprint density at radius 1 is 1.21 bits per heavy atom. The first-order valence-electron chi connectivity index (χ1n) is 7.19. The number of ether oxygens (including phenoxy) is 1. The van der Waals surface area contributed by atoms with Crippen LogP contribution in [0.1, 0.15) is 17.3 Å². The number of rotatable bonds is 4. The third-order valence-corrected chi connectivity index (χ3v) is 3.54. The molecule has 0 aliphatic heterocycles. The molecule has 0 fully saturated rings. The fraction of sp³-hybridized carbons (Fsp3) is 0.176. The quantitative estimate of drug-likeness (QED) is 0.893. The van der Waals surface area contributed by atoms with Gasteiger partial charge in [-0.25, -0.2) is 9.18 Å². The SMILES string of the molecule is CCOC(=O)N(C)c1ccc(NC(=O)c2ccc(F)cc2Cl)cc1. The van der Waals surface area contributed by atoms with Gasteiger partial charge < -0.3 is 10.1 Å². The van der Waals surface area contributed by atoms with E-state index in [2.05, 4.69) is 5.32 Å². The number of halogens is 2. The molecule has 7 heteroatoms. The smallest absolute Gasteiger partial charge is 0.413 e. The van der Waals surface area contributed by atoms with E-state index in [4.69, 9.17) is 16.3 Å². The summed E-state index contributed by atoms with van der Waals surface area (Å²) in [6.45, 7) is 2.01. The van der Waals surface area contributed by atoms with Gasteiger partial charge in [-0.05, 0) is 49.4 Å². The Bertz CT molecular complexity index is 750. The summed E-state index contributed by atoms with van der Waals surface area (Å²) in [6.07, 6.45) is -0.465. The summed E-state index contributed by atoms with van der Waals surface area (Å²) in [4.78, 5) is 25.2. The molecule has 2 aromatic carbocycles. The number of anilines is 2. The molecule has 0 saturated carbocycles. The van der Waals surface area contributed by atoms with Crippen molar-refractivity contribution in [1.82, 2.24) is 0 Å². The van der Waals surface area contributed by atoms with E-state index in [0.717, 1.165) is 12.1 Å².